The van der Waals surface area contributed by atoms with Crippen molar-refractivity contribution in [3.63, 3.8) is 0 Å². The molecule has 0 unspecified atom stereocenters. The molecule has 2 aromatic carbocycles. The van der Waals surface area contributed by atoms with Gasteiger partial charge in [0.25, 0.3) is 5.91 Å². The number of hydrogen-bond acceptors (Lipinski definition) is 4. The zero-order valence-corrected chi connectivity index (χ0v) is 16.4. The second-order valence-electron chi connectivity index (χ2n) is 5.92. The van der Waals surface area contributed by atoms with Crippen LogP contribution in [0.3, 0.4) is 0 Å². The SMILES string of the molecule is Cc1ccc(C(=O)NNC(=O)CCNS(=O)(=O)c2ccc(Cl)cc2)c(C)c1. The van der Waals surface area contributed by atoms with Crippen LogP contribution in [0.5, 0.6) is 0 Å². The summed E-state index contributed by atoms with van der Waals surface area (Å²) in [6.07, 6.45) is -0.139. The lowest BCUT2D eigenvalue weighted by Crippen LogP contribution is -2.43. The number of nitrogens with one attached hydrogen (secondary N) is 3. The molecule has 7 nitrogen and oxygen atoms in total. The number of rotatable bonds is 6. The summed E-state index contributed by atoms with van der Waals surface area (Å²) in [5, 5.41) is 0.424. The van der Waals surface area contributed by atoms with Gasteiger partial charge < -0.3 is 0 Å². The van der Waals surface area contributed by atoms with E-state index in [0.29, 0.717) is 10.6 Å². The first-order chi connectivity index (χ1) is 12.7. The molecule has 0 heterocycles. The third-order valence-electron chi connectivity index (χ3n) is 3.71. The van der Waals surface area contributed by atoms with E-state index < -0.39 is 21.8 Å². The van der Waals surface area contributed by atoms with E-state index in [0.717, 1.165) is 11.1 Å². The van der Waals surface area contributed by atoms with E-state index in [9.17, 15) is 18.0 Å². The Balaban J connectivity index is 1.80. The molecule has 0 bridgehead atoms. The van der Waals surface area contributed by atoms with Crippen molar-refractivity contribution in [3.8, 4) is 0 Å². The number of halogens is 1. The molecular formula is C18H20ClN3O4S. The molecule has 3 N–H and O–H groups in total. The molecule has 0 aliphatic rings. The minimum atomic E-state index is -3.73. The van der Waals surface area contributed by atoms with E-state index >= 15 is 0 Å². The van der Waals surface area contributed by atoms with Crippen molar-refractivity contribution in [2.45, 2.75) is 25.2 Å². The number of hydrogen-bond donors (Lipinski definition) is 3. The Kier molecular flexibility index (Phi) is 6.95. The van der Waals surface area contributed by atoms with Crippen molar-refractivity contribution >= 4 is 33.4 Å². The highest BCUT2D eigenvalue weighted by molar-refractivity contribution is 7.89. The molecule has 0 aliphatic carbocycles. The summed E-state index contributed by atoms with van der Waals surface area (Å²) in [5.41, 5.74) is 6.85. The van der Waals surface area contributed by atoms with Crippen LogP contribution in [-0.2, 0) is 14.8 Å². The highest BCUT2D eigenvalue weighted by atomic mass is 35.5. The van der Waals surface area contributed by atoms with Gasteiger partial charge in [-0.1, -0.05) is 29.3 Å². The van der Waals surface area contributed by atoms with E-state index in [2.05, 4.69) is 15.6 Å². The lowest BCUT2D eigenvalue weighted by atomic mass is 10.1. The van der Waals surface area contributed by atoms with E-state index in [4.69, 9.17) is 11.6 Å². The van der Waals surface area contributed by atoms with Crippen LogP contribution < -0.4 is 15.6 Å². The van der Waals surface area contributed by atoms with Crippen molar-refractivity contribution in [1.82, 2.24) is 15.6 Å². The summed E-state index contributed by atoms with van der Waals surface area (Å²) in [6.45, 7) is 3.60. The van der Waals surface area contributed by atoms with Gasteiger partial charge in [-0.15, -0.1) is 0 Å². The van der Waals surface area contributed by atoms with E-state index in [1.165, 1.54) is 24.3 Å². The van der Waals surface area contributed by atoms with Crippen LogP contribution in [0.1, 0.15) is 27.9 Å². The molecule has 2 rings (SSSR count). The van der Waals surface area contributed by atoms with Crippen LogP contribution in [0.4, 0.5) is 0 Å². The lowest BCUT2D eigenvalue weighted by molar-refractivity contribution is -0.121. The lowest BCUT2D eigenvalue weighted by Gasteiger charge is -2.10. The summed E-state index contributed by atoms with van der Waals surface area (Å²) >= 11 is 5.73. The normalized spacial score (nSPS) is 11.1. The predicted octanol–water partition coefficient (Wildman–Crippen LogP) is 2.09. The minimum Gasteiger partial charge on any atom is -0.273 e. The number of benzene rings is 2. The van der Waals surface area contributed by atoms with Crippen molar-refractivity contribution in [2.24, 2.45) is 0 Å². The fourth-order valence-corrected chi connectivity index (χ4v) is 3.48. The van der Waals surface area contributed by atoms with Gasteiger partial charge in [-0.25, -0.2) is 13.1 Å². The van der Waals surface area contributed by atoms with Gasteiger partial charge in [0, 0.05) is 23.6 Å². The van der Waals surface area contributed by atoms with E-state index in [1.807, 2.05) is 13.0 Å². The Morgan fingerprint density at radius 1 is 1.00 bits per heavy atom. The molecule has 0 radical (unpaired) electrons. The van der Waals surface area contributed by atoms with Crippen LogP contribution in [0.25, 0.3) is 0 Å². The number of amides is 2. The van der Waals surface area contributed by atoms with Gasteiger partial charge in [0.1, 0.15) is 0 Å². The number of aryl methyl sites for hydroxylation is 2. The molecule has 2 aromatic rings. The number of carbonyl (C=O) groups excluding carboxylic acids is 2. The Morgan fingerprint density at radius 2 is 1.67 bits per heavy atom. The van der Waals surface area contributed by atoms with Gasteiger partial charge >= 0.3 is 0 Å². The van der Waals surface area contributed by atoms with Gasteiger partial charge in [0.2, 0.25) is 15.9 Å². The van der Waals surface area contributed by atoms with Crippen LogP contribution in [0.15, 0.2) is 47.4 Å². The maximum Gasteiger partial charge on any atom is 0.269 e. The van der Waals surface area contributed by atoms with Crippen LogP contribution in [0, 0.1) is 13.8 Å². The molecule has 144 valence electrons. The first-order valence-corrected chi connectivity index (χ1v) is 9.97. The summed E-state index contributed by atoms with van der Waals surface area (Å²) in [5.74, 6) is -0.963. The minimum absolute atomic E-state index is 0.0513. The molecule has 0 aromatic heterocycles. The molecule has 9 heteroatoms. The standard InChI is InChI=1S/C18H20ClN3O4S/c1-12-3-8-16(13(2)11-12)18(24)22-21-17(23)9-10-20-27(25,26)15-6-4-14(19)5-7-15/h3-8,11,20H,9-10H2,1-2H3,(H,21,23)(H,22,24). The Bertz CT molecular complexity index is 944. The number of sulfonamides is 1. The fraction of sp³-hybridized carbons (Fsp3) is 0.222. The summed E-state index contributed by atoms with van der Waals surface area (Å²) in [4.78, 5) is 23.9. The Hall–Kier alpha value is -2.42. The molecular weight excluding hydrogens is 390 g/mol. The van der Waals surface area contributed by atoms with Crippen LogP contribution >= 0.6 is 11.6 Å². The monoisotopic (exact) mass is 409 g/mol. The summed E-state index contributed by atoms with van der Waals surface area (Å²) in [6, 6.07) is 11.0. The fourth-order valence-electron chi connectivity index (χ4n) is 2.32. The molecule has 0 fully saturated rings. The third-order valence-corrected chi connectivity index (χ3v) is 5.44. The highest BCUT2D eigenvalue weighted by Crippen LogP contribution is 2.13. The second kappa shape index (κ2) is 8.98. The van der Waals surface area contributed by atoms with Crippen LogP contribution in [-0.4, -0.2) is 26.8 Å². The van der Waals surface area contributed by atoms with Gasteiger partial charge in [-0.2, -0.15) is 0 Å². The van der Waals surface area contributed by atoms with E-state index in [-0.39, 0.29) is 17.9 Å². The maximum absolute atomic E-state index is 12.1. The number of carbonyl (C=O) groups is 2. The highest BCUT2D eigenvalue weighted by Gasteiger charge is 2.14. The average molecular weight is 410 g/mol. The summed E-state index contributed by atoms with van der Waals surface area (Å²) in [7, 11) is -3.73. The van der Waals surface area contributed by atoms with Gasteiger partial charge in [-0.05, 0) is 49.7 Å². The van der Waals surface area contributed by atoms with Crippen LogP contribution in [0.2, 0.25) is 5.02 Å². The maximum atomic E-state index is 12.1. The smallest absolute Gasteiger partial charge is 0.269 e. The van der Waals surface area contributed by atoms with Gasteiger partial charge in [-0.3, -0.25) is 20.4 Å². The first kappa shape index (κ1) is 20.9. The second-order valence-corrected chi connectivity index (χ2v) is 8.13. The zero-order valence-electron chi connectivity index (χ0n) is 14.9. The number of hydrazine groups is 1. The molecule has 0 aliphatic heterocycles. The van der Waals surface area contributed by atoms with Crippen molar-refractivity contribution < 1.29 is 18.0 Å². The molecule has 2 amide bonds. The van der Waals surface area contributed by atoms with Gasteiger partial charge in [0.15, 0.2) is 0 Å². The average Bonchev–Trinajstić information content (AvgIpc) is 2.60. The zero-order chi connectivity index (χ0) is 20.0. The summed E-state index contributed by atoms with van der Waals surface area (Å²) < 4.78 is 26.5. The van der Waals surface area contributed by atoms with Crippen molar-refractivity contribution in [1.29, 1.82) is 0 Å². The van der Waals surface area contributed by atoms with Crippen molar-refractivity contribution in [3.05, 3.63) is 64.2 Å². The molecule has 0 spiro atoms. The van der Waals surface area contributed by atoms with Gasteiger partial charge in [0.05, 0.1) is 4.90 Å². The Labute approximate surface area is 163 Å². The third kappa shape index (κ3) is 6.06. The van der Waals surface area contributed by atoms with E-state index in [1.54, 1.807) is 19.1 Å². The Morgan fingerprint density at radius 3 is 2.30 bits per heavy atom. The largest absolute Gasteiger partial charge is 0.273 e. The molecule has 0 atom stereocenters. The quantitative estimate of drug-likeness (QED) is 0.635. The molecule has 0 saturated carbocycles. The predicted molar refractivity (Wildman–Crippen MR) is 103 cm³/mol. The first-order valence-electron chi connectivity index (χ1n) is 8.11. The topological polar surface area (TPSA) is 104 Å². The molecule has 27 heavy (non-hydrogen) atoms. The molecule has 0 saturated heterocycles. The van der Waals surface area contributed by atoms with Crippen molar-refractivity contribution in [2.75, 3.05) is 6.54 Å².